The van der Waals surface area contributed by atoms with Crippen LogP contribution in [0.25, 0.3) is 0 Å². The molecular formula is C22H26ClN3O2. The van der Waals surface area contributed by atoms with Crippen LogP contribution in [0.3, 0.4) is 0 Å². The van der Waals surface area contributed by atoms with E-state index in [0.29, 0.717) is 23.7 Å². The lowest BCUT2D eigenvalue weighted by atomic mass is 10.1. The highest BCUT2D eigenvalue weighted by atomic mass is 35.5. The zero-order valence-electron chi connectivity index (χ0n) is 16.1. The maximum Gasteiger partial charge on any atom is 0.322 e. The average Bonchev–Trinajstić information content (AvgIpc) is 3.25. The molecule has 2 aromatic carbocycles. The van der Waals surface area contributed by atoms with Crippen molar-refractivity contribution >= 4 is 29.2 Å². The first-order chi connectivity index (χ1) is 13.5. The molecule has 3 amide bonds. The first-order valence-electron chi connectivity index (χ1n) is 9.70. The molecule has 0 aliphatic carbocycles. The molecule has 1 aliphatic rings. The van der Waals surface area contributed by atoms with Gasteiger partial charge in [-0.3, -0.25) is 4.79 Å². The van der Waals surface area contributed by atoms with Crippen LogP contribution in [-0.2, 0) is 4.79 Å². The van der Waals surface area contributed by atoms with E-state index < -0.39 is 0 Å². The maximum absolute atomic E-state index is 13.0. The Bertz CT molecular complexity index is 789. The van der Waals surface area contributed by atoms with Crippen molar-refractivity contribution in [3.8, 4) is 0 Å². The summed E-state index contributed by atoms with van der Waals surface area (Å²) in [7, 11) is 0. The first-order valence-corrected chi connectivity index (χ1v) is 10.1. The number of halogens is 1. The highest BCUT2D eigenvalue weighted by Gasteiger charge is 2.24. The van der Waals surface area contributed by atoms with Crippen LogP contribution in [0.15, 0.2) is 54.6 Å². The van der Waals surface area contributed by atoms with E-state index in [0.717, 1.165) is 31.5 Å². The van der Waals surface area contributed by atoms with Crippen molar-refractivity contribution in [1.82, 2.24) is 9.80 Å². The van der Waals surface area contributed by atoms with Crippen molar-refractivity contribution < 1.29 is 9.59 Å². The third-order valence-electron chi connectivity index (χ3n) is 5.13. The largest absolute Gasteiger partial charge is 0.343 e. The molecule has 1 fully saturated rings. The third-order valence-corrected chi connectivity index (χ3v) is 5.38. The Morgan fingerprint density at radius 2 is 1.71 bits per heavy atom. The molecule has 3 rings (SSSR count). The van der Waals surface area contributed by atoms with Crippen molar-refractivity contribution in [2.24, 2.45) is 0 Å². The number of urea groups is 1. The zero-order valence-corrected chi connectivity index (χ0v) is 16.9. The summed E-state index contributed by atoms with van der Waals surface area (Å²) in [5.41, 5.74) is 1.70. The molecule has 1 saturated heterocycles. The van der Waals surface area contributed by atoms with Crippen LogP contribution in [0.1, 0.15) is 37.8 Å². The van der Waals surface area contributed by atoms with E-state index >= 15 is 0 Å². The molecule has 0 aromatic heterocycles. The van der Waals surface area contributed by atoms with Gasteiger partial charge in [0.1, 0.15) is 0 Å². The molecule has 2 aromatic rings. The molecule has 148 valence electrons. The lowest BCUT2D eigenvalue weighted by Crippen LogP contribution is -2.40. The average molecular weight is 400 g/mol. The fourth-order valence-electron chi connectivity index (χ4n) is 3.45. The molecule has 6 heteroatoms. The number of hydrogen-bond acceptors (Lipinski definition) is 2. The summed E-state index contributed by atoms with van der Waals surface area (Å²) in [6.45, 7) is 4.00. The van der Waals surface area contributed by atoms with Crippen LogP contribution in [0.4, 0.5) is 10.5 Å². The summed E-state index contributed by atoms with van der Waals surface area (Å²) < 4.78 is 0. The van der Waals surface area contributed by atoms with Crippen LogP contribution < -0.4 is 5.32 Å². The van der Waals surface area contributed by atoms with Gasteiger partial charge in [0.2, 0.25) is 5.91 Å². The molecule has 0 spiro atoms. The van der Waals surface area contributed by atoms with Gasteiger partial charge in [0.25, 0.3) is 0 Å². The fraction of sp³-hybridized carbons (Fsp3) is 0.364. The van der Waals surface area contributed by atoms with E-state index in [4.69, 9.17) is 11.6 Å². The van der Waals surface area contributed by atoms with Crippen LogP contribution >= 0.6 is 11.6 Å². The van der Waals surface area contributed by atoms with Gasteiger partial charge in [-0.1, -0.05) is 41.9 Å². The minimum atomic E-state index is -0.229. The molecule has 5 nitrogen and oxygen atoms in total. The summed E-state index contributed by atoms with van der Waals surface area (Å²) in [4.78, 5) is 29.1. The molecule has 28 heavy (non-hydrogen) atoms. The summed E-state index contributed by atoms with van der Waals surface area (Å²) in [6, 6.07) is 16.5. The first kappa shape index (κ1) is 20.2. The third kappa shape index (κ3) is 5.26. The monoisotopic (exact) mass is 399 g/mol. The van der Waals surface area contributed by atoms with E-state index in [1.165, 1.54) is 0 Å². The number of carbonyl (C=O) groups is 2. The summed E-state index contributed by atoms with van der Waals surface area (Å²) in [5, 5.41) is 3.53. The number of nitrogens with zero attached hydrogens (tertiary/aromatic N) is 2. The van der Waals surface area contributed by atoms with Gasteiger partial charge in [0.15, 0.2) is 0 Å². The van der Waals surface area contributed by atoms with Crippen LogP contribution in [0.2, 0.25) is 5.02 Å². The number of rotatable bonds is 6. The summed E-state index contributed by atoms with van der Waals surface area (Å²) in [5.74, 6) is 0.113. The molecule has 1 aliphatic heterocycles. The Labute approximate surface area is 171 Å². The molecule has 1 unspecified atom stereocenters. The second kappa shape index (κ2) is 9.60. The van der Waals surface area contributed by atoms with Gasteiger partial charge in [-0.25, -0.2) is 4.79 Å². The smallest absolute Gasteiger partial charge is 0.322 e. The zero-order chi connectivity index (χ0) is 19.9. The van der Waals surface area contributed by atoms with E-state index in [1.807, 2.05) is 42.2 Å². The predicted octanol–water partition coefficient (Wildman–Crippen LogP) is 4.95. The predicted molar refractivity (Wildman–Crippen MR) is 112 cm³/mol. The number of hydrogen-bond donors (Lipinski definition) is 1. The highest BCUT2D eigenvalue weighted by Crippen LogP contribution is 2.22. The number of carbonyl (C=O) groups excluding carboxylic acids is 2. The minimum Gasteiger partial charge on any atom is -0.343 e. The number of nitrogens with one attached hydrogen (secondary N) is 1. The summed E-state index contributed by atoms with van der Waals surface area (Å²) in [6.07, 6.45) is 2.45. The topological polar surface area (TPSA) is 52.7 Å². The normalized spacial score (nSPS) is 14.6. The SMILES string of the molecule is CC(c1ccccc1)N(CCC(=O)N1CCCC1)C(=O)Nc1ccc(Cl)cc1. The Morgan fingerprint density at radius 1 is 1.07 bits per heavy atom. The number of amides is 3. The Balaban J connectivity index is 1.71. The van der Waals surface area contributed by atoms with E-state index in [9.17, 15) is 9.59 Å². The molecular weight excluding hydrogens is 374 g/mol. The molecule has 0 bridgehead atoms. The number of benzene rings is 2. The Kier molecular flexibility index (Phi) is 6.93. The molecule has 1 heterocycles. The van der Waals surface area contributed by atoms with Gasteiger partial charge in [-0.2, -0.15) is 0 Å². The van der Waals surface area contributed by atoms with E-state index in [-0.39, 0.29) is 18.0 Å². The van der Waals surface area contributed by atoms with Gasteiger partial charge in [-0.05, 0) is 49.6 Å². The highest BCUT2D eigenvalue weighted by molar-refractivity contribution is 6.30. The van der Waals surface area contributed by atoms with Crippen molar-refractivity contribution in [1.29, 1.82) is 0 Å². The van der Waals surface area contributed by atoms with Crippen molar-refractivity contribution in [2.45, 2.75) is 32.2 Å². The minimum absolute atomic E-state index is 0.113. The lowest BCUT2D eigenvalue weighted by Gasteiger charge is -2.30. The van der Waals surface area contributed by atoms with Crippen molar-refractivity contribution in [3.63, 3.8) is 0 Å². The standard InChI is InChI=1S/C22H26ClN3O2/c1-17(18-7-3-2-4-8-18)26(16-13-21(27)25-14-5-6-15-25)22(28)24-20-11-9-19(23)10-12-20/h2-4,7-12,17H,5-6,13-16H2,1H3,(H,24,28). The second-order valence-electron chi connectivity index (χ2n) is 7.05. The van der Waals surface area contributed by atoms with Gasteiger partial charge in [0.05, 0.1) is 6.04 Å². The number of anilines is 1. The van der Waals surface area contributed by atoms with Gasteiger partial charge < -0.3 is 15.1 Å². The van der Waals surface area contributed by atoms with Gasteiger partial charge in [0, 0.05) is 36.8 Å². The second-order valence-corrected chi connectivity index (χ2v) is 7.49. The fourth-order valence-corrected chi connectivity index (χ4v) is 3.58. The van der Waals surface area contributed by atoms with Crippen LogP contribution in [0, 0.1) is 0 Å². The maximum atomic E-state index is 13.0. The molecule has 1 atom stereocenters. The van der Waals surface area contributed by atoms with Gasteiger partial charge in [-0.15, -0.1) is 0 Å². The molecule has 1 N–H and O–H groups in total. The van der Waals surface area contributed by atoms with E-state index in [1.54, 1.807) is 29.2 Å². The van der Waals surface area contributed by atoms with Crippen LogP contribution in [0.5, 0.6) is 0 Å². The van der Waals surface area contributed by atoms with Crippen LogP contribution in [-0.4, -0.2) is 41.4 Å². The van der Waals surface area contributed by atoms with Crippen molar-refractivity contribution in [3.05, 3.63) is 65.2 Å². The summed E-state index contributed by atoms with van der Waals surface area (Å²) >= 11 is 5.92. The molecule has 0 saturated carbocycles. The number of likely N-dealkylation sites (tertiary alicyclic amines) is 1. The Hall–Kier alpha value is -2.53. The quantitative estimate of drug-likeness (QED) is 0.747. The van der Waals surface area contributed by atoms with Crippen molar-refractivity contribution in [2.75, 3.05) is 25.0 Å². The van der Waals surface area contributed by atoms with Gasteiger partial charge >= 0.3 is 6.03 Å². The lowest BCUT2D eigenvalue weighted by molar-refractivity contribution is -0.130. The Morgan fingerprint density at radius 3 is 2.36 bits per heavy atom. The molecule has 0 radical (unpaired) electrons. The van der Waals surface area contributed by atoms with E-state index in [2.05, 4.69) is 5.32 Å².